The van der Waals surface area contributed by atoms with E-state index in [2.05, 4.69) is 27.5 Å². The van der Waals surface area contributed by atoms with Crippen LogP contribution in [0.5, 0.6) is 0 Å². The number of nitrogens with one attached hydrogen (secondary N) is 3. The van der Waals surface area contributed by atoms with E-state index in [9.17, 15) is 4.39 Å². The molecule has 0 unspecified atom stereocenters. The molecule has 0 fully saturated rings. The maximum Gasteiger partial charge on any atom is 0.191 e. The fourth-order valence-electron chi connectivity index (χ4n) is 2.77. The summed E-state index contributed by atoms with van der Waals surface area (Å²) in [5, 5.41) is 7.68. The number of methoxy groups -OCH3 is 1. The van der Waals surface area contributed by atoms with Crippen molar-refractivity contribution in [2.45, 2.75) is 26.2 Å². The molecule has 0 spiro atoms. The fourth-order valence-corrected chi connectivity index (χ4v) is 2.77. The molecule has 0 saturated heterocycles. The molecule has 0 aliphatic heterocycles. The van der Waals surface area contributed by atoms with Gasteiger partial charge in [-0.05, 0) is 49.9 Å². The van der Waals surface area contributed by atoms with Gasteiger partial charge in [-0.3, -0.25) is 4.99 Å². The van der Waals surface area contributed by atoms with Gasteiger partial charge in [0, 0.05) is 50.5 Å². The van der Waals surface area contributed by atoms with Gasteiger partial charge in [0.2, 0.25) is 0 Å². The summed E-state index contributed by atoms with van der Waals surface area (Å²) >= 11 is 0. The summed E-state index contributed by atoms with van der Waals surface area (Å²) < 4.78 is 23.7. The highest BCUT2D eigenvalue weighted by atomic mass is 19.1. The first kappa shape index (κ1) is 21.2. The van der Waals surface area contributed by atoms with Crippen LogP contribution in [0.3, 0.4) is 0 Å². The second-order valence-electron chi connectivity index (χ2n) is 6.25. The van der Waals surface area contributed by atoms with Crippen LogP contribution < -0.4 is 10.6 Å². The van der Waals surface area contributed by atoms with Crippen LogP contribution >= 0.6 is 0 Å². The third kappa shape index (κ3) is 7.56. The zero-order valence-corrected chi connectivity index (χ0v) is 16.3. The second-order valence-corrected chi connectivity index (χ2v) is 6.25. The summed E-state index contributed by atoms with van der Waals surface area (Å²) in [6.07, 6.45) is 4.75. The van der Waals surface area contributed by atoms with Crippen molar-refractivity contribution in [1.82, 2.24) is 15.6 Å². The molecule has 6 nitrogen and oxygen atoms in total. The molecular weight excluding hydrogens is 347 g/mol. The molecule has 0 radical (unpaired) electrons. The lowest BCUT2D eigenvalue weighted by atomic mass is 10.1. The largest absolute Gasteiger partial charge is 0.382 e. The first-order valence-electron chi connectivity index (χ1n) is 9.59. The molecule has 7 heteroatoms. The number of guanidine groups is 1. The Hall–Kier alpha value is -2.12. The maximum absolute atomic E-state index is 13.3. The summed E-state index contributed by atoms with van der Waals surface area (Å²) in [5.41, 5.74) is 2.00. The Morgan fingerprint density at radius 2 is 2.07 bits per heavy atom. The van der Waals surface area contributed by atoms with Crippen LogP contribution in [0.1, 0.15) is 25.3 Å². The number of rotatable bonds is 12. The van der Waals surface area contributed by atoms with Crippen molar-refractivity contribution in [2.75, 3.05) is 46.6 Å². The van der Waals surface area contributed by atoms with Gasteiger partial charge >= 0.3 is 0 Å². The highest BCUT2D eigenvalue weighted by Crippen LogP contribution is 2.19. The zero-order chi connectivity index (χ0) is 19.3. The van der Waals surface area contributed by atoms with E-state index in [-0.39, 0.29) is 5.82 Å². The average Bonchev–Trinajstić information content (AvgIpc) is 3.06. The highest BCUT2D eigenvalue weighted by molar-refractivity contribution is 5.83. The van der Waals surface area contributed by atoms with Gasteiger partial charge in [0.15, 0.2) is 5.96 Å². The monoisotopic (exact) mass is 378 g/mol. The third-order valence-corrected chi connectivity index (χ3v) is 4.16. The predicted molar refractivity (Wildman–Crippen MR) is 108 cm³/mol. The molecule has 0 bridgehead atoms. The molecule has 1 heterocycles. The fraction of sp³-hybridized carbons (Fsp3) is 0.550. The number of hydrogen-bond donors (Lipinski definition) is 3. The number of fused-ring (bicyclic) bond motifs is 1. The van der Waals surface area contributed by atoms with Gasteiger partial charge in [0.05, 0.1) is 13.2 Å². The third-order valence-electron chi connectivity index (χ3n) is 4.16. The molecule has 0 aliphatic rings. The lowest BCUT2D eigenvalue weighted by Crippen LogP contribution is -2.38. The van der Waals surface area contributed by atoms with Crippen molar-refractivity contribution in [2.24, 2.45) is 4.99 Å². The van der Waals surface area contributed by atoms with Crippen molar-refractivity contribution in [3.05, 3.63) is 35.8 Å². The number of H-pyrrole nitrogens is 1. The second kappa shape index (κ2) is 12.3. The minimum absolute atomic E-state index is 0.223. The number of nitrogens with zero attached hydrogens (tertiary/aromatic N) is 1. The summed E-state index contributed by atoms with van der Waals surface area (Å²) in [6.45, 7) is 6.41. The number of aromatic amines is 1. The Morgan fingerprint density at radius 3 is 2.89 bits per heavy atom. The minimum atomic E-state index is -0.223. The molecule has 0 saturated carbocycles. The highest BCUT2D eigenvalue weighted by Gasteiger charge is 2.05. The summed E-state index contributed by atoms with van der Waals surface area (Å²) in [5.74, 6) is 0.600. The van der Waals surface area contributed by atoms with Gasteiger partial charge in [-0.25, -0.2) is 4.39 Å². The molecule has 2 aromatic rings. The van der Waals surface area contributed by atoms with E-state index in [0.29, 0.717) is 13.2 Å². The van der Waals surface area contributed by atoms with Crippen LogP contribution in [0.25, 0.3) is 10.9 Å². The summed E-state index contributed by atoms with van der Waals surface area (Å²) in [7, 11) is 1.67. The topological polar surface area (TPSA) is 70.7 Å². The standard InChI is InChI=1S/C20H31FN4O2/c1-3-22-20(23-9-4-5-11-27-13-12-26-2)24-10-8-16-15-25-19-14-17(21)6-7-18(16)19/h6-7,14-15,25H,3-5,8-13H2,1-2H3,(H2,22,23,24). The van der Waals surface area contributed by atoms with Crippen LogP contribution in [0.2, 0.25) is 0 Å². The Kier molecular flexibility index (Phi) is 9.65. The van der Waals surface area contributed by atoms with Crippen LogP contribution in [0.15, 0.2) is 29.4 Å². The number of halogens is 1. The van der Waals surface area contributed by atoms with Gasteiger partial charge in [-0.15, -0.1) is 0 Å². The van der Waals surface area contributed by atoms with Crippen molar-refractivity contribution in [3.63, 3.8) is 0 Å². The van der Waals surface area contributed by atoms with Crippen LogP contribution in [0.4, 0.5) is 4.39 Å². The molecule has 1 aromatic carbocycles. The van der Waals surface area contributed by atoms with Crippen molar-refractivity contribution in [1.29, 1.82) is 0 Å². The number of aliphatic imine (C=N–C) groups is 1. The van der Waals surface area contributed by atoms with Gasteiger partial charge in [0.1, 0.15) is 5.82 Å². The summed E-state index contributed by atoms with van der Waals surface area (Å²) in [4.78, 5) is 7.72. The van der Waals surface area contributed by atoms with Gasteiger partial charge in [0.25, 0.3) is 0 Å². The Labute approximate surface area is 160 Å². The molecule has 150 valence electrons. The van der Waals surface area contributed by atoms with Crippen molar-refractivity contribution in [3.8, 4) is 0 Å². The molecule has 0 atom stereocenters. The Bertz CT molecular complexity index is 702. The minimum Gasteiger partial charge on any atom is -0.382 e. The lowest BCUT2D eigenvalue weighted by molar-refractivity contribution is 0.0690. The molecule has 0 amide bonds. The van der Waals surface area contributed by atoms with E-state index >= 15 is 0 Å². The van der Waals surface area contributed by atoms with Gasteiger partial charge in [-0.2, -0.15) is 0 Å². The molecular formula is C20H31FN4O2. The van der Waals surface area contributed by atoms with Crippen LogP contribution in [-0.4, -0.2) is 57.5 Å². The number of unbranched alkanes of at least 4 members (excludes halogenated alkanes) is 1. The van der Waals surface area contributed by atoms with Crippen LogP contribution in [0, 0.1) is 5.82 Å². The first-order valence-corrected chi connectivity index (χ1v) is 9.59. The molecule has 2 rings (SSSR count). The zero-order valence-electron chi connectivity index (χ0n) is 16.3. The number of aromatic nitrogens is 1. The van der Waals surface area contributed by atoms with E-state index in [4.69, 9.17) is 9.47 Å². The number of ether oxygens (including phenoxy) is 2. The Balaban J connectivity index is 1.71. The SMILES string of the molecule is CCNC(=NCCCCOCCOC)NCCc1c[nH]c2cc(F)ccc12. The molecule has 3 N–H and O–H groups in total. The predicted octanol–water partition coefficient (Wildman–Crippen LogP) is 2.85. The Morgan fingerprint density at radius 1 is 1.19 bits per heavy atom. The molecule has 0 aliphatic carbocycles. The lowest BCUT2D eigenvalue weighted by Gasteiger charge is -2.11. The van der Waals surface area contributed by atoms with E-state index in [0.717, 1.165) is 62.4 Å². The van der Waals surface area contributed by atoms with E-state index in [1.165, 1.54) is 17.7 Å². The quantitative estimate of drug-likeness (QED) is 0.302. The number of hydrogen-bond acceptors (Lipinski definition) is 3. The first-order chi connectivity index (χ1) is 13.2. The van der Waals surface area contributed by atoms with Crippen molar-refractivity contribution < 1.29 is 13.9 Å². The van der Waals surface area contributed by atoms with E-state index < -0.39 is 0 Å². The smallest absolute Gasteiger partial charge is 0.191 e. The number of benzene rings is 1. The van der Waals surface area contributed by atoms with Gasteiger partial charge in [-0.1, -0.05) is 0 Å². The normalized spacial score (nSPS) is 11.9. The molecule has 1 aromatic heterocycles. The van der Waals surface area contributed by atoms with Gasteiger partial charge < -0.3 is 25.1 Å². The van der Waals surface area contributed by atoms with Crippen LogP contribution in [-0.2, 0) is 15.9 Å². The van der Waals surface area contributed by atoms with E-state index in [1.54, 1.807) is 7.11 Å². The molecule has 27 heavy (non-hydrogen) atoms. The van der Waals surface area contributed by atoms with E-state index in [1.807, 2.05) is 12.3 Å². The maximum atomic E-state index is 13.3. The average molecular weight is 378 g/mol. The summed E-state index contributed by atoms with van der Waals surface area (Å²) in [6, 6.07) is 4.85. The van der Waals surface area contributed by atoms with Crippen molar-refractivity contribution >= 4 is 16.9 Å².